The van der Waals surface area contributed by atoms with Crippen molar-refractivity contribution in [2.24, 2.45) is 18.7 Å². The van der Waals surface area contributed by atoms with Gasteiger partial charge in [-0.15, -0.1) is 0 Å². The number of nitrogens with two attached hydrogens (primary N) is 1. The number of hydrogen-bond donors (Lipinski definition) is 2. The van der Waals surface area contributed by atoms with Crippen LogP contribution in [0, 0.1) is 5.92 Å². The molecule has 1 aliphatic carbocycles. The maximum Gasteiger partial charge on any atom is 0.159 e. The van der Waals surface area contributed by atoms with Gasteiger partial charge in [-0.05, 0) is 31.2 Å². The lowest BCUT2D eigenvalue weighted by molar-refractivity contribution is 0.332. The Bertz CT molecular complexity index is 1580. The van der Waals surface area contributed by atoms with Gasteiger partial charge in [0.1, 0.15) is 17.2 Å². The first-order chi connectivity index (χ1) is 17.5. The first-order valence-corrected chi connectivity index (χ1v) is 12.9. The summed E-state index contributed by atoms with van der Waals surface area (Å²) < 4.78 is 3.87. The summed E-state index contributed by atoms with van der Waals surface area (Å²) in [6.45, 7) is 1.54. The Balaban J connectivity index is 1.23. The third-order valence-corrected chi connectivity index (χ3v) is 8.39. The minimum Gasteiger partial charge on any atom is -0.352 e. The lowest BCUT2D eigenvalue weighted by Crippen LogP contribution is -2.51. The van der Waals surface area contributed by atoms with Gasteiger partial charge in [0.25, 0.3) is 0 Å². The Hall–Kier alpha value is -3.43. The number of aromatic amines is 1. The number of halogens is 1. The molecule has 0 radical (unpaired) electrons. The van der Waals surface area contributed by atoms with Crippen LogP contribution in [-0.2, 0) is 13.6 Å². The Labute approximate surface area is 213 Å². The molecule has 2 aliphatic heterocycles. The van der Waals surface area contributed by atoms with Gasteiger partial charge in [0.15, 0.2) is 5.65 Å². The molecule has 184 valence electrons. The smallest absolute Gasteiger partial charge is 0.159 e. The minimum atomic E-state index is 0.299. The second kappa shape index (κ2) is 8.31. The standard InChI is InChI=1S/C26H28ClN9/c1-34-8-7-29-23(34)14-35-13-19-21(33-35)6-5-17(24(19)27)18-10-31-26-25(18)30-11-22(32-26)36-12-15-3-2-4-16(36)9-20(15)28/h5-8,10-11,13,15-16,20H,2-4,9,12,14,28H2,1H3,(H,31,32)/t15?,16-,20+/m1/s1. The third-order valence-electron chi connectivity index (χ3n) is 7.98. The highest BCUT2D eigenvalue weighted by molar-refractivity contribution is 6.38. The molecule has 3 fully saturated rings. The fourth-order valence-electron chi connectivity index (χ4n) is 5.97. The summed E-state index contributed by atoms with van der Waals surface area (Å²) in [6.07, 6.45) is 14.2. The van der Waals surface area contributed by atoms with Gasteiger partial charge in [0.2, 0.25) is 0 Å². The van der Waals surface area contributed by atoms with Crippen LogP contribution in [-0.4, -0.2) is 52.9 Å². The number of nitrogens with one attached hydrogen (secondary N) is 1. The normalized spacial score (nSPS) is 22.1. The highest BCUT2D eigenvalue weighted by Gasteiger charge is 2.37. The molecular weight excluding hydrogens is 474 g/mol. The topological polar surface area (TPSA) is 106 Å². The molecule has 5 aromatic rings. The molecule has 3 N–H and O–H groups in total. The van der Waals surface area contributed by atoms with E-state index in [1.54, 1.807) is 6.20 Å². The molecule has 2 saturated heterocycles. The van der Waals surface area contributed by atoms with Crippen LogP contribution in [0.4, 0.5) is 5.82 Å². The van der Waals surface area contributed by atoms with Crippen molar-refractivity contribution in [2.45, 2.75) is 44.3 Å². The second-order valence-corrected chi connectivity index (χ2v) is 10.5. The Kier molecular flexibility index (Phi) is 5.04. The van der Waals surface area contributed by atoms with E-state index in [9.17, 15) is 0 Å². The van der Waals surface area contributed by atoms with Crippen molar-refractivity contribution in [3.05, 3.63) is 54.0 Å². The Morgan fingerprint density at radius 3 is 2.97 bits per heavy atom. The van der Waals surface area contributed by atoms with Crippen molar-refractivity contribution in [3.8, 4) is 11.1 Å². The van der Waals surface area contributed by atoms with Crippen molar-refractivity contribution in [1.82, 2.24) is 34.3 Å². The van der Waals surface area contributed by atoms with E-state index in [4.69, 9.17) is 32.4 Å². The first-order valence-electron chi connectivity index (χ1n) is 12.5. The molecule has 3 atom stereocenters. The zero-order valence-corrected chi connectivity index (χ0v) is 20.9. The summed E-state index contributed by atoms with van der Waals surface area (Å²) in [4.78, 5) is 20.0. The van der Waals surface area contributed by atoms with Crippen LogP contribution in [0.1, 0.15) is 31.5 Å². The third kappa shape index (κ3) is 3.49. The SMILES string of the molecule is Cn1ccnc1Cn1cc2c(Cl)c(-c3c[nH]c4nc(N5CC6CCC[C@@H]5C[C@@H]6N)cnc34)ccc2n1. The quantitative estimate of drug-likeness (QED) is 0.383. The minimum absolute atomic E-state index is 0.299. The highest BCUT2D eigenvalue weighted by atomic mass is 35.5. The molecule has 9 nitrogen and oxygen atoms in total. The summed E-state index contributed by atoms with van der Waals surface area (Å²) in [6, 6.07) is 4.76. The lowest BCUT2D eigenvalue weighted by Gasteiger charge is -2.40. The van der Waals surface area contributed by atoms with E-state index in [-0.39, 0.29) is 0 Å². The first kappa shape index (κ1) is 21.8. The molecule has 36 heavy (non-hydrogen) atoms. The number of nitrogens with zero attached hydrogens (tertiary/aromatic N) is 7. The fourth-order valence-corrected chi connectivity index (χ4v) is 6.28. The number of fused-ring (bicyclic) bond motifs is 6. The molecule has 0 amide bonds. The number of anilines is 1. The number of aryl methyl sites for hydroxylation is 1. The number of aromatic nitrogens is 7. The number of hydrogen-bond acceptors (Lipinski definition) is 6. The van der Waals surface area contributed by atoms with Crippen LogP contribution < -0.4 is 10.6 Å². The summed E-state index contributed by atoms with van der Waals surface area (Å²) >= 11 is 6.93. The monoisotopic (exact) mass is 501 g/mol. The molecule has 2 bridgehead atoms. The van der Waals surface area contributed by atoms with Crippen LogP contribution in [0.15, 0.2) is 43.1 Å². The number of H-pyrrole nitrogens is 1. The van der Waals surface area contributed by atoms with E-state index in [1.807, 2.05) is 53.2 Å². The zero-order chi connectivity index (χ0) is 24.4. The van der Waals surface area contributed by atoms with Gasteiger partial charge < -0.3 is 20.2 Å². The molecular formula is C26H28ClN9. The van der Waals surface area contributed by atoms with Crippen LogP contribution in [0.5, 0.6) is 0 Å². The van der Waals surface area contributed by atoms with Gasteiger partial charge in [0, 0.05) is 67.0 Å². The summed E-state index contributed by atoms with van der Waals surface area (Å²) in [5.74, 6) is 2.39. The number of benzene rings is 1. The van der Waals surface area contributed by atoms with E-state index in [0.29, 0.717) is 29.6 Å². The van der Waals surface area contributed by atoms with Crippen LogP contribution in [0.3, 0.4) is 0 Å². The predicted molar refractivity (Wildman–Crippen MR) is 141 cm³/mol. The van der Waals surface area contributed by atoms with Gasteiger partial charge in [-0.1, -0.05) is 24.1 Å². The summed E-state index contributed by atoms with van der Waals surface area (Å²) in [7, 11) is 1.98. The van der Waals surface area contributed by atoms with E-state index >= 15 is 0 Å². The highest BCUT2D eigenvalue weighted by Crippen LogP contribution is 2.38. The molecule has 8 rings (SSSR count). The fraction of sp³-hybridized carbons (Fsp3) is 0.385. The number of imidazole rings is 1. The van der Waals surface area contributed by atoms with E-state index < -0.39 is 0 Å². The molecule has 1 aromatic carbocycles. The molecule has 4 aromatic heterocycles. The van der Waals surface area contributed by atoms with Crippen molar-refractivity contribution >= 4 is 39.5 Å². The average molecular weight is 502 g/mol. The van der Waals surface area contributed by atoms with Crippen molar-refractivity contribution in [2.75, 3.05) is 11.4 Å². The maximum absolute atomic E-state index is 6.93. The van der Waals surface area contributed by atoms with Crippen LogP contribution in [0.2, 0.25) is 5.02 Å². The summed E-state index contributed by atoms with van der Waals surface area (Å²) in [5, 5.41) is 6.26. The van der Waals surface area contributed by atoms with Gasteiger partial charge >= 0.3 is 0 Å². The van der Waals surface area contributed by atoms with Crippen LogP contribution >= 0.6 is 11.6 Å². The van der Waals surface area contributed by atoms with Crippen molar-refractivity contribution < 1.29 is 0 Å². The van der Waals surface area contributed by atoms with E-state index in [0.717, 1.165) is 57.8 Å². The van der Waals surface area contributed by atoms with Gasteiger partial charge in [-0.2, -0.15) is 5.10 Å². The Morgan fingerprint density at radius 1 is 1.19 bits per heavy atom. The molecule has 1 saturated carbocycles. The maximum atomic E-state index is 6.93. The summed E-state index contributed by atoms with van der Waals surface area (Å²) in [5.41, 5.74) is 10.7. The molecule has 6 heterocycles. The average Bonchev–Trinajstić information content (AvgIpc) is 3.52. The largest absolute Gasteiger partial charge is 0.352 e. The van der Waals surface area contributed by atoms with Crippen molar-refractivity contribution in [1.29, 1.82) is 0 Å². The van der Waals surface area contributed by atoms with Gasteiger partial charge in [-0.3, -0.25) is 4.68 Å². The molecule has 10 heteroatoms. The van der Waals surface area contributed by atoms with Crippen molar-refractivity contribution in [3.63, 3.8) is 0 Å². The zero-order valence-electron chi connectivity index (χ0n) is 20.1. The second-order valence-electron chi connectivity index (χ2n) is 10.2. The van der Waals surface area contributed by atoms with E-state index in [2.05, 4.69) is 14.9 Å². The molecule has 1 unspecified atom stereocenters. The Morgan fingerprint density at radius 2 is 2.11 bits per heavy atom. The lowest BCUT2D eigenvalue weighted by atomic mass is 9.90. The number of rotatable bonds is 4. The predicted octanol–water partition coefficient (Wildman–Crippen LogP) is 4.12. The van der Waals surface area contributed by atoms with E-state index in [1.165, 1.54) is 19.3 Å². The number of piperidine rings is 1. The van der Waals surface area contributed by atoms with Crippen LogP contribution in [0.25, 0.3) is 33.2 Å². The van der Waals surface area contributed by atoms with Gasteiger partial charge in [-0.25, -0.2) is 15.0 Å². The van der Waals surface area contributed by atoms with Gasteiger partial charge in [0.05, 0.1) is 23.3 Å². The molecule has 0 spiro atoms. The molecule has 3 aliphatic rings.